The van der Waals surface area contributed by atoms with E-state index < -0.39 is 6.09 Å². The molecule has 5 heteroatoms. The highest BCUT2D eigenvalue weighted by Gasteiger charge is 2.41. The standard InChI is InChI=1S/C15H20N2O3/c18-15(19)17-13-6-12(7-14(17)10-20-9-13)16-8-11-4-2-1-3-5-11/h1-5,12-14,16H,6-10H2,(H,18,19). The van der Waals surface area contributed by atoms with E-state index in [2.05, 4.69) is 17.4 Å². The minimum atomic E-state index is -0.815. The van der Waals surface area contributed by atoms with Gasteiger partial charge in [-0.2, -0.15) is 0 Å². The molecule has 5 nitrogen and oxygen atoms in total. The molecule has 2 N–H and O–H groups in total. The Kier molecular flexibility index (Phi) is 3.89. The fourth-order valence-corrected chi connectivity index (χ4v) is 3.25. The second-order valence-corrected chi connectivity index (χ2v) is 5.57. The van der Waals surface area contributed by atoms with E-state index in [1.807, 2.05) is 18.2 Å². The van der Waals surface area contributed by atoms with Crippen LogP contribution in [-0.4, -0.2) is 47.4 Å². The van der Waals surface area contributed by atoms with Gasteiger partial charge in [-0.3, -0.25) is 4.90 Å². The lowest BCUT2D eigenvalue weighted by molar-refractivity contribution is -0.0670. The van der Waals surface area contributed by atoms with Crippen molar-refractivity contribution in [2.45, 2.75) is 37.5 Å². The van der Waals surface area contributed by atoms with Crippen LogP contribution < -0.4 is 5.32 Å². The van der Waals surface area contributed by atoms with Crippen LogP contribution in [-0.2, 0) is 11.3 Å². The second-order valence-electron chi connectivity index (χ2n) is 5.57. The number of morpholine rings is 1. The first-order valence-electron chi connectivity index (χ1n) is 7.10. The first kappa shape index (κ1) is 13.4. The molecule has 3 rings (SSSR count). The summed E-state index contributed by atoms with van der Waals surface area (Å²) >= 11 is 0. The van der Waals surface area contributed by atoms with Crippen LogP contribution in [0.25, 0.3) is 0 Å². The van der Waals surface area contributed by atoms with Gasteiger partial charge >= 0.3 is 6.09 Å². The molecule has 0 radical (unpaired) electrons. The van der Waals surface area contributed by atoms with Gasteiger partial charge in [-0.15, -0.1) is 0 Å². The molecule has 0 aliphatic carbocycles. The third-order valence-electron chi connectivity index (χ3n) is 4.18. The minimum Gasteiger partial charge on any atom is -0.465 e. The Morgan fingerprint density at radius 3 is 2.50 bits per heavy atom. The van der Waals surface area contributed by atoms with Crippen LogP contribution in [0.3, 0.4) is 0 Å². The summed E-state index contributed by atoms with van der Waals surface area (Å²) in [5, 5.41) is 12.8. The number of ether oxygens (including phenoxy) is 1. The molecule has 0 saturated carbocycles. The van der Waals surface area contributed by atoms with Gasteiger partial charge in [0.1, 0.15) is 0 Å². The Morgan fingerprint density at radius 2 is 1.90 bits per heavy atom. The third kappa shape index (κ3) is 2.78. The minimum absolute atomic E-state index is 0.00623. The average molecular weight is 276 g/mol. The highest BCUT2D eigenvalue weighted by molar-refractivity contribution is 5.66. The Balaban J connectivity index is 1.59. The maximum atomic E-state index is 11.3. The van der Waals surface area contributed by atoms with Crippen molar-refractivity contribution < 1.29 is 14.6 Å². The lowest BCUT2D eigenvalue weighted by Gasteiger charge is -2.47. The Bertz CT molecular complexity index is 451. The Morgan fingerprint density at radius 1 is 1.25 bits per heavy atom. The van der Waals surface area contributed by atoms with Gasteiger partial charge in [0.25, 0.3) is 0 Å². The second kappa shape index (κ2) is 5.81. The molecule has 20 heavy (non-hydrogen) atoms. The van der Waals surface area contributed by atoms with Crippen molar-refractivity contribution in [1.29, 1.82) is 0 Å². The summed E-state index contributed by atoms with van der Waals surface area (Å²) in [6.45, 7) is 1.87. The van der Waals surface area contributed by atoms with Crippen molar-refractivity contribution in [3.63, 3.8) is 0 Å². The monoisotopic (exact) mass is 276 g/mol. The topological polar surface area (TPSA) is 61.8 Å². The first-order chi connectivity index (χ1) is 9.74. The largest absolute Gasteiger partial charge is 0.465 e. The highest BCUT2D eigenvalue weighted by Crippen LogP contribution is 2.28. The first-order valence-corrected chi connectivity index (χ1v) is 7.10. The molecule has 1 amide bonds. The van der Waals surface area contributed by atoms with E-state index >= 15 is 0 Å². The van der Waals surface area contributed by atoms with Crippen molar-refractivity contribution in [2.75, 3.05) is 13.2 Å². The zero-order chi connectivity index (χ0) is 13.9. The maximum Gasteiger partial charge on any atom is 0.407 e. The molecule has 2 saturated heterocycles. The fraction of sp³-hybridized carbons (Fsp3) is 0.533. The lowest BCUT2D eigenvalue weighted by Crippen LogP contribution is -2.61. The van der Waals surface area contributed by atoms with E-state index in [0.717, 1.165) is 19.4 Å². The third-order valence-corrected chi connectivity index (χ3v) is 4.18. The smallest absolute Gasteiger partial charge is 0.407 e. The SMILES string of the molecule is O=C(O)N1C2COCC1CC(NCc1ccccc1)C2. The lowest BCUT2D eigenvalue weighted by atomic mass is 9.90. The van der Waals surface area contributed by atoms with Gasteiger partial charge in [0.2, 0.25) is 0 Å². The van der Waals surface area contributed by atoms with Crippen LogP contribution in [0.15, 0.2) is 30.3 Å². The predicted octanol–water partition coefficient (Wildman–Crippen LogP) is 1.69. The molecule has 2 heterocycles. The Hall–Kier alpha value is -1.59. The molecule has 0 aromatic heterocycles. The summed E-state index contributed by atoms with van der Waals surface area (Å²) in [7, 11) is 0. The number of fused-ring (bicyclic) bond motifs is 2. The molecule has 2 aliphatic heterocycles. The number of carboxylic acid groups (broad SMARTS) is 1. The van der Waals surface area contributed by atoms with E-state index in [4.69, 9.17) is 4.74 Å². The van der Waals surface area contributed by atoms with E-state index in [1.165, 1.54) is 5.56 Å². The normalized spacial score (nSPS) is 29.2. The van der Waals surface area contributed by atoms with E-state index in [9.17, 15) is 9.90 Å². The molecule has 0 spiro atoms. The average Bonchev–Trinajstić information content (AvgIpc) is 2.45. The summed E-state index contributed by atoms with van der Waals surface area (Å²) in [4.78, 5) is 12.9. The molecule has 2 atom stereocenters. The summed E-state index contributed by atoms with van der Waals surface area (Å²) in [6.07, 6.45) is 0.843. The summed E-state index contributed by atoms with van der Waals surface area (Å²) in [5.41, 5.74) is 1.26. The number of rotatable bonds is 3. The number of hydrogen-bond acceptors (Lipinski definition) is 3. The molecule has 1 aromatic rings. The number of carbonyl (C=O) groups is 1. The number of piperidine rings is 1. The Labute approximate surface area is 118 Å². The van der Waals surface area contributed by atoms with Crippen molar-refractivity contribution in [2.24, 2.45) is 0 Å². The van der Waals surface area contributed by atoms with Gasteiger partial charge in [0.15, 0.2) is 0 Å². The van der Waals surface area contributed by atoms with Crippen LogP contribution >= 0.6 is 0 Å². The van der Waals surface area contributed by atoms with E-state index in [-0.39, 0.29) is 12.1 Å². The van der Waals surface area contributed by atoms with Crippen molar-refractivity contribution >= 4 is 6.09 Å². The molecule has 1 aromatic carbocycles. The summed E-state index contributed by atoms with van der Waals surface area (Å²) in [5.74, 6) is 0. The van der Waals surface area contributed by atoms with Gasteiger partial charge in [-0.1, -0.05) is 30.3 Å². The van der Waals surface area contributed by atoms with Crippen molar-refractivity contribution in [3.05, 3.63) is 35.9 Å². The molecule has 2 aliphatic rings. The molecule has 2 unspecified atom stereocenters. The summed E-state index contributed by atoms with van der Waals surface area (Å²) in [6, 6.07) is 10.6. The molecule has 2 bridgehead atoms. The molecular formula is C15H20N2O3. The highest BCUT2D eigenvalue weighted by atomic mass is 16.5. The van der Waals surface area contributed by atoms with Crippen LogP contribution in [0.1, 0.15) is 18.4 Å². The predicted molar refractivity (Wildman–Crippen MR) is 74.6 cm³/mol. The van der Waals surface area contributed by atoms with Gasteiger partial charge in [-0.05, 0) is 18.4 Å². The van der Waals surface area contributed by atoms with E-state index in [1.54, 1.807) is 4.90 Å². The van der Waals surface area contributed by atoms with Crippen LogP contribution in [0.4, 0.5) is 4.79 Å². The van der Waals surface area contributed by atoms with Gasteiger partial charge in [-0.25, -0.2) is 4.79 Å². The maximum absolute atomic E-state index is 11.3. The van der Waals surface area contributed by atoms with Crippen molar-refractivity contribution in [3.8, 4) is 0 Å². The van der Waals surface area contributed by atoms with Gasteiger partial charge < -0.3 is 15.2 Å². The number of nitrogens with one attached hydrogen (secondary N) is 1. The molecule has 2 fully saturated rings. The number of nitrogens with zero attached hydrogens (tertiary/aromatic N) is 1. The number of amides is 1. The quantitative estimate of drug-likeness (QED) is 0.882. The van der Waals surface area contributed by atoms with E-state index in [0.29, 0.717) is 19.3 Å². The summed E-state index contributed by atoms with van der Waals surface area (Å²) < 4.78 is 5.50. The van der Waals surface area contributed by atoms with Gasteiger partial charge in [0.05, 0.1) is 25.3 Å². The zero-order valence-electron chi connectivity index (χ0n) is 11.4. The van der Waals surface area contributed by atoms with Crippen LogP contribution in [0.2, 0.25) is 0 Å². The van der Waals surface area contributed by atoms with Crippen LogP contribution in [0.5, 0.6) is 0 Å². The fourth-order valence-electron chi connectivity index (χ4n) is 3.25. The van der Waals surface area contributed by atoms with Crippen LogP contribution in [0, 0.1) is 0 Å². The molecule has 108 valence electrons. The van der Waals surface area contributed by atoms with Gasteiger partial charge in [0, 0.05) is 12.6 Å². The number of hydrogen-bond donors (Lipinski definition) is 2. The molecular weight excluding hydrogens is 256 g/mol. The zero-order valence-corrected chi connectivity index (χ0v) is 11.4. The number of benzene rings is 1. The van der Waals surface area contributed by atoms with Crippen molar-refractivity contribution in [1.82, 2.24) is 10.2 Å².